The summed E-state index contributed by atoms with van der Waals surface area (Å²) in [4.78, 5) is 24.6. The first-order chi connectivity index (χ1) is 17.6. The van der Waals surface area contributed by atoms with E-state index in [2.05, 4.69) is 24.4 Å². The number of hydrogen-bond donors (Lipinski definition) is 3. The van der Waals surface area contributed by atoms with E-state index in [1.807, 2.05) is 36.7 Å². The fourth-order valence-electron chi connectivity index (χ4n) is 5.14. The van der Waals surface area contributed by atoms with Gasteiger partial charge in [0.2, 0.25) is 5.78 Å². The molecule has 196 valence electrons. The van der Waals surface area contributed by atoms with E-state index >= 15 is 0 Å². The third-order valence-electron chi connectivity index (χ3n) is 6.82. The quantitative estimate of drug-likeness (QED) is 0.352. The van der Waals surface area contributed by atoms with Gasteiger partial charge in [0.15, 0.2) is 0 Å². The molecule has 3 heterocycles. The highest BCUT2D eigenvalue weighted by atomic mass is 35.5. The molecule has 1 fully saturated rings. The largest absolute Gasteiger partial charge is 0.393 e. The summed E-state index contributed by atoms with van der Waals surface area (Å²) in [5.74, 6) is -0.264. The van der Waals surface area contributed by atoms with Crippen LogP contribution in [0.3, 0.4) is 0 Å². The molecule has 1 aliphatic heterocycles. The molecule has 13 heteroatoms. The van der Waals surface area contributed by atoms with Crippen LogP contribution in [-0.2, 0) is 21.0 Å². The molecule has 4 N–H and O–H groups in total. The second-order valence-electron chi connectivity index (χ2n) is 9.44. The van der Waals surface area contributed by atoms with E-state index in [0.717, 1.165) is 12.1 Å². The number of benzene rings is 1. The Morgan fingerprint density at radius 1 is 1.35 bits per heavy atom. The van der Waals surface area contributed by atoms with Gasteiger partial charge in [-0.15, -0.1) is 11.3 Å². The third-order valence-corrected chi connectivity index (χ3v) is 8.47. The second-order valence-corrected chi connectivity index (χ2v) is 12.0. The maximum atomic E-state index is 13.5. The lowest BCUT2D eigenvalue weighted by atomic mass is 9.99. The number of thiophene rings is 1. The van der Waals surface area contributed by atoms with Gasteiger partial charge in [0, 0.05) is 29.7 Å². The fourth-order valence-corrected chi connectivity index (χ4v) is 6.58. The number of aliphatic hydroxyl groups excluding tert-OH is 1. The number of ketones is 1. The average Bonchev–Trinajstić information content (AvgIpc) is 3.53. The van der Waals surface area contributed by atoms with Gasteiger partial charge in [-0.1, -0.05) is 17.7 Å². The maximum absolute atomic E-state index is 13.5. The minimum Gasteiger partial charge on any atom is -0.393 e. The SMILES string of the molecule is CN1Cc2cc(Cl)ccc2[C@@H]1c1csc(C(=O)c2cncnc2N[C@@H]2C[C@H](COS(N)(=O)=O)[C@@H](O)C2)c1. The molecule has 4 atom stereocenters. The molecule has 0 radical (unpaired) electrons. The zero-order chi connectivity index (χ0) is 26.3. The number of hydrogen-bond acceptors (Lipinski definition) is 10. The molecule has 1 aliphatic carbocycles. The van der Waals surface area contributed by atoms with Crippen molar-refractivity contribution in [3.63, 3.8) is 0 Å². The van der Waals surface area contributed by atoms with Gasteiger partial charge in [-0.3, -0.25) is 13.9 Å². The summed E-state index contributed by atoms with van der Waals surface area (Å²) in [7, 11) is -2.05. The Morgan fingerprint density at radius 2 is 2.16 bits per heavy atom. The molecule has 37 heavy (non-hydrogen) atoms. The van der Waals surface area contributed by atoms with E-state index in [-0.39, 0.29) is 24.5 Å². The van der Waals surface area contributed by atoms with Crippen LogP contribution in [0.25, 0.3) is 0 Å². The first-order valence-electron chi connectivity index (χ1n) is 11.6. The summed E-state index contributed by atoms with van der Waals surface area (Å²) in [6.45, 7) is 0.563. The lowest BCUT2D eigenvalue weighted by Gasteiger charge is -2.19. The van der Waals surface area contributed by atoms with Crippen molar-refractivity contribution < 1.29 is 22.5 Å². The van der Waals surface area contributed by atoms with E-state index in [1.165, 1.54) is 35.0 Å². The Hall–Kier alpha value is -2.45. The van der Waals surface area contributed by atoms with Crippen molar-refractivity contribution in [2.24, 2.45) is 11.1 Å². The Morgan fingerprint density at radius 3 is 2.95 bits per heavy atom. The summed E-state index contributed by atoms with van der Waals surface area (Å²) in [6.07, 6.45) is 2.82. The molecule has 3 aromatic rings. The van der Waals surface area contributed by atoms with Crippen molar-refractivity contribution in [1.82, 2.24) is 14.9 Å². The molecule has 0 spiro atoms. The Labute approximate surface area is 223 Å². The first-order valence-corrected chi connectivity index (χ1v) is 14.4. The molecule has 0 saturated heterocycles. The minimum absolute atomic E-state index is 0.0335. The molecule has 1 aromatic carbocycles. The maximum Gasteiger partial charge on any atom is 0.333 e. The van der Waals surface area contributed by atoms with Gasteiger partial charge in [0.25, 0.3) is 0 Å². The number of nitrogens with zero attached hydrogens (tertiary/aromatic N) is 3. The van der Waals surface area contributed by atoms with Gasteiger partial charge in [0.05, 0.1) is 29.2 Å². The molecular formula is C24H26ClN5O5S2. The first kappa shape index (κ1) is 26.2. The van der Waals surface area contributed by atoms with Crippen LogP contribution in [0, 0.1) is 5.92 Å². The number of carbonyl (C=O) groups excluding carboxylic acids is 1. The molecule has 2 aromatic heterocycles. The Bertz CT molecular complexity index is 1430. The van der Waals surface area contributed by atoms with Crippen LogP contribution in [0.5, 0.6) is 0 Å². The molecule has 0 unspecified atom stereocenters. The van der Waals surface area contributed by atoms with E-state index in [0.29, 0.717) is 34.1 Å². The number of rotatable bonds is 8. The van der Waals surface area contributed by atoms with Gasteiger partial charge in [-0.05, 0) is 60.2 Å². The highest BCUT2D eigenvalue weighted by Crippen LogP contribution is 2.40. The summed E-state index contributed by atoms with van der Waals surface area (Å²) >= 11 is 7.54. The standard InChI is InChI=1S/C24H26ClN5O5S2/c1-30-9-13-4-16(25)2-3-18(13)22(30)15-6-21(36-11-15)23(32)19-8-27-12-28-24(19)29-17-5-14(20(31)7-17)10-35-37(26,33)34/h2-4,6,8,11-12,14,17,20,22,31H,5,7,9-10H2,1H3,(H2,26,33,34)(H,27,28,29)/t14-,17-,20+,22+/m1/s1. The van der Waals surface area contributed by atoms with Crippen LogP contribution >= 0.6 is 22.9 Å². The summed E-state index contributed by atoms with van der Waals surface area (Å²) in [6, 6.07) is 7.61. The smallest absolute Gasteiger partial charge is 0.333 e. The van der Waals surface area contributed by atoms with Gasteiger partial charge in [-0.2, -0.15) is 8.42 Å². The number of fused-ring (bicyclic) bond motifs is 1. The van der Waals surface area contributed by atoms with Crippen molar-refractivity contribution in [2.75, 3.05) is 19.0 Å². The monoisotopic (exact) mass is 563 g/mol. The predicted octanol–water partition coefficient (Wildman–Crippen LogP) is 2.73. The van der Waals surface area contributed by atoms with Gasteiger partial charge in [-0.25, -0.2) is 15.1 Å². The highest BCUT2D eigenvalue weighted by Gasteiger charge is 2.35. The number of aliphatic hydroxyl groups is 1. The van der Waals surface area contributed by atoms with Crippen molar-refractivity contribution in [1.29, 1.82) is 0 Å². The van der Waals surface area contributed by atoms with Gasteiger partial charge >= 0.3 is 10.3 Å². The molecule has 0 bridgehead atoms. The summed E-state index contributed by atoms with van der Waals surface area (Å²) in [5, 5.41) is 21.2. The van der Waals surface area contributed by atoms with E-state index in [1.54, 1.807) is 0 Å². The van der Waals surface area contributed by atoms with Crippen molar-refractivity contribution in [3.8, 4) is 0 Å². The second kappa shape index (κ2) is 10.4. The number of halogens is 1. The highest BCUT2D eigenvalue weighted by molar-refractivity contribution is 7.84. The zero-order valence-corrected chi connectivity index (χ0v) is 22.3. The van der Waals surface area contributed by atoms with Gasteiger partial charge in [0.1, 0.15) is 12.1 Å². The number of nitrogens with one attached hydrogen (secondary N) is 1. The lowest BCUT2D eigenvalue weighted by molar-refractivity contribution is 0.101. The fraction of sp³-hybridized carbons (Fsp3) is 0.375. The topological polar surface area (TPSA) is 148 Å². The van der Waals surface area contributed by atoms with Crippen molar-refractivity contribution in [3.05, 3.63) is 74.3 Å². The number of aromatic nitrogens is 2. The van der Waals surface area contributed by atoms with E-state index in [9.17, 15) is 18.3 Å². The van der Waals surface area contributed by atoms with Crippen molar-refractivity contribution >= 4 is 44.8 Å². The van der Waals surface area contributed by atoms with Crippen LogP contribution in [0.1, 0.15) is 50.8 Å². The number of anilines is 1. The van der Waals surface area contributed by atoms with Crippen LogP contribution in [0.15, 0.2) is 42.2 Å². The van der Waals surface area contributed by atoms with Gasteiger partial charge < -0.3 is 10.4 Å². The van der Waals surface area contributed by atoms with Crippen LogP contribution in [0.2, 0.25) is 5.02 Å². The van der Waals surface area contributed by atoms with Crippen LogP contribution < -0.4 is 10.5 Å². The minimum atomic E-state index is -4.09. The zero-order valence-electron chi connectivity index (χ0n) is 19.9. The number of carbonyl (C=O) groups is 1. The lowest BCUT2D eigenvalue weighted by Crippen LogP contribution is -2.24. The Kier molecular flexibility index (Phi) is 7.33. The molecule has 2 aliphatic rings. The Balaban J connectivity index is 1.32. The van der Waals surface area contributed by atoms with Crippen LogP contribution in [0.4, 0.5) is 5.82 Å². The third kappa shape index (κ3) is 5.70. The number of nitrogens with two attached hydrogens (primary N) is 1. The van der Waals surface area contributed by atoms with Crippen LogP contribution in [-0.4, -0.2) is 60.0 Å². The van der Waals surface area contributed by atoms with Crippen molar-refractivity contribution in [2.45, 2.75) is 37.6 Å². The molecular weight excluding hydrogens is 538 g/mol. The molecule has 10 nitrogen and oxygen atoms in total. The predicted molar refractivity (Wildman–Crippen MR) is 140 cm³/mol. The van der Waals surface area contributed by atoms with E-state index < -0.39 is 22.3 Å². The summed E-state index contributed by atoms with van der Waals surface area (Å²) < 4.78 is 26.8. The molecule has 1 saturated carbocycles. The van der Waals surface area contributed by atoms with E-state index in [4.69, 9.17) is 16.7 Å². The molecule has 5 rings (SSSR count). The normalized spacial score (nSPS) is 23.8. The molecule has 0 amide bonds. The average molecular weight is 564 g/mol. The summed E-state index contributed by atoms with van der Waals surface area (Å²) in [5.41, 5.74) is 3.70.